The fourth-order valence-electron chi connectivity index (χ4n) is 3.88. The first-order chi connectivity index (χ1) is 11.2. The smallest absolute Gasteiger partial charge is 0.410 e. The largest absolute Gasteiger partial charge is 0.444 e. The monoisotopic (exact) mass is 394 g/mol. The number of nitrogens with zero attached hydrogens (tertiary/aromatic N) is 1. The number of rotatable bonds is 2. The lowest BCUT2D eigenvalue weighted by atomic mass is 9.97. The van der Waals surface area contributed by atoms with Crippen molar-refractivity contribution in [3.05, 3.63) is 28.2 Å². The first-order valence-electron chi connectivity index (χ1n) is 8.77. The molecule has 2 saturated heterocycles. The summed E-state index contributed by atoms with van der Waals surface area (Å²) in [4.78, 5) is 14.5. The van der Waals surface area contributed by atoms with Gasteiger partial charge in [-0.05, 0) is 87.0 Å². The summed E-state index contributed by atoms with van der Waals surface area (Å²) in [5.41, 5.74) is 1.96. The Morgan fingerprint density at radius 3 is 2.46 bits per heavy atom. The molecular formula is C19H27BrN2O2. The van der Waals surface area contributed by atoms with Gasteiger partial charge in [-0.25, -0.2) is 4.79 Å². The molecule has 1 amide bonds. The van der Waals surface area contributed by atoms with Crippen LogP contribution >= 0.6 is 15.9 Å². The molecular weight excluding hydrogens is 368 g/mol. The fraction of sp³-hybridized carbons (Fsp3) is 0.632. The van der Waals surface area contributed by atoms with Crippen molar-refractivity contribution >= 4 is 27.7 Å². The molecule has 2 atom stereocenters. The molecule has 0 saturated carbocycles. The highest BCUT2D eigenvalue weighted by Gasteiger charge is 2.44. The van der Waals surface area contributed by atoms with Gasteiger partial charge in [0.25, 0.3) is 0 Å². The second-order valence-electron chi connectivity index (χ2n) is 8.07. The first kappa shape index (κ1) is 17.6. The molecule has 3 rings (SSSR count). The molecule has 1 aromatic carbocycles. The highest BCUT2D eigenvalue weighted by molar-refractivity contribution is 9.10. The quantitative estimate of drug-likeness (QED) is 0.758. The molecule has 2 fully saturated rings. The van der Waals surface area contributed by atoms with Gasteiger partial charge in [0.15, 0.2) is 0 Å². The predicted octanol–water partition coefficient (Wildman–Crippen LogP) is 5.10. The van der Waals surface area contributed by atoms with Crippen LogP contribution in [-0.4, -0.2) is 34.7 Å². The van der Waals surface area contributed by atoms with Gasteiger partial charge in [0, 0.05) is 28.3 Å². The van der Waals surface area contributed by atoms with Crippen molar-refractivity contribution in [3.63, 3.8) is 0 Å². The second kappa shape index (κ2) is 6.58. The Morgan fingerprint density at radius 1 is 1.25 bits per heavy atom. The number of hydrogen-bond donors (Lipinski definition) is 1. The van der Waals surface area contributed by atoms with Gasteiger partial charge in [0.2, 0.25) is 0 Å². The van der Waals surface area contributed by atoms with Crippen LogP contribution in [0.15, 0.2) is 22.7 Å². The Kier molecular flexibility index (Phi) is 4.82. The molecule has 132 valence electrons. The Bertz CT molecular complexity index is 612. The second-order valence-corrected chi connectivity index (χ2v) is 8.92. The molecule has 5 heteroatoms. The van der Waals surface area contributed by atoms with Crippen LogP contribution in [0.4, 0.5) is 10.5 Å². The van der Waals surface area contributed by atoms with E-state index in [1.165, 1.54) is 5.56 Å². The van der Waals surface area contributed by atoms with E-state index in [1.807, 2.05) is 25.7 Å². The van der Waals surface area contributed by atoms with Crippen molar-refractivity contribution < 1.29 is 9.53 Å². The van der Waals surface area contributed by atoms with Gasteiger partial charge in [-0.1, -0.05) is 6.07 Å². The minimum atomic E-state index is -0.432. The molecule has 1 aromatic rings. The minimum absolute atomic E-state index is 0.148. The number of anilines is 1. The highest BCUT2D eigenvalue weighted by Crippen LogP contribution is 2.38. The normalized spacial score (nSPS) is 26.4. The topological polar surface area (TPSA) is 41.6 Å². The van der Waals surface area contributed by atoms with E-state index in [-0.39, 0.29) is 6.09 Å². The molecule has 2 heterocycles. The summed E-state index contributed by atoms with van der Waals surface area (Å²) < 4.78 is 6.70. The van der Waals surface area contributed by atoms with Crippen LogP contribution in [0.3, 0.4) is 0 Å². The van der Waals surface area contributed by atoms with E-state index in [1.54, 1.807) is 0 Å². The van der Waals surface area contributed by atoms with Crippen molar-refractivity contribution in [1.82, 2.24) is 4.90 Å². The van der Waals surface area contributed by atoms with E-state index >= 15 is 0 Å². The molecule has 1 N–H and O–H groups in total. The van der Waals surface area contributed by atoms with Crippen LogP contribution in [0.25, 0.3) is 0 Å². The summed E-state index contributed by atoms with van der Waals surface area (Å²) in [6, 6.07) is 7.34. The molecule has 24 heavy (non-hydrogen) atoms. The molecule has 2 aliphatic heterocycles. The molecule has 2 aliphatic rings. The third kappa shape index (κ3) is 3.88. The van der Waals surface area contributed by atoms with Gasteiger partial charge < -0.3 is 15.0 Å². The van der Waals surface area contributed by atoms with E-state index in [0.29, 0.717) is 18.1 Å². The van der Waals surface area contributed by atoms with Crippen LogP contribution in [0.5, 0.6) is 0 Å². The standard InChI is InChI=1S/C19H27BrN2O2/c1-12-5-8-16(20)17(9-12)21-13-10-14-6-7-15(11-13)22(14)18(23)24-19(2,3)4/h5,8-9,13-15,21H,6-7,10-11H2,1-4H3. The zero-order chi connectivity index (χ0) is 17.5. The number of ether oxygens (including phenoxy) is 1. The van der Waals surface area contributed by atoms with Crippen molar-refractivity contribution in [2.45, 2.75) is 77.1 Å². The molecule has 2 unspecified atom stereocenters. The Hall–Kier alpha value is -1.23. The number of benzene rings is 1. The zero-order valence-electron chi connectivity index (χ0n) is 14.9. The molecule has 0 aromatic heterocycles. The lowest BCUT2D eigenvalue weighted by Crippen LogP contribution is -2.51. The third-order valence-corrected chi connectivity index (χ3v) is 5.51. The number of hydrogen-bond acceptors (Lipinski definition) is 3. The van der Waals surface area contributed by atoms with Crippen LogP contribution < -0.4 is 5.32 Å². The number of halogens is 1. The molecule has 2 bridgehead atoms. The number of amides is 1. The van der Waals surface area contributed by atoms with E-state index in [9.17, 15) is 4.79 Å². The predicted molar refractivity (Wildman–Crippen MR) is 100 cm³/mol. The number of carbonyl (C=O) groups is 1. The van der Waals surface area contributed by atoms with Crippen molar-refractivity contribution in [1.29, 1.82) is 0 Å². The number of nitrogens with one attached hydrogen (secondary N) is 1. The SMILES string of the molecule is Cc1ccc(Br)c(NC2CC3CCC(C2)N3C(=O)OC(C)(C)C)c1. The van der Waals surface area contributed by atoms with Gasteiger partial charge in [-0.15, -0.1) is 0 Å². The van der Waals surface area contributed by atoms with Gasteiger partial charge >= 0.3 is 6.09 Å². The fourth-order valence-corrected chi connectivity index (χ4v) is 4.24. The van der Waals surface area contributed by atoms with Crippen molar-refractivity contribution in [2.75, 3.05) is 5.32 Å². The molecule has 0 radical (unpaired) electrons. The molecule has 0 spiro atoms. The Balaban J connectivity index is 1.67. The van der Waals surface area contributed by atoms with Gasteiger partial charge in [-0.2, -0.15) is 0 Å². The van der Waals surface area contributed by atoms with Crippen molar-refractivity contribution in [3.8, 4) is 0 Å². The summed E-state index contributed by atoms with van der Waals surface area (Å²) in [6.07, 6.45) is 3.98. The molecule has 4 nitrogen and oxygen atoms in total. The minimum Gasteiger partial charge on any atom is -0.444 e. The Morgan fingerprint density at radius 2 is 1.88 bits per heavy atom. The maximum Gasteiger partial charge on any atom is 0.410 e. The summed E-state index contributed by atoms with van der Waals surface area (Å²) in [7, 11) is 0. The molecule has 0 aliphatic carbocycles. The van der Waals surface area contributed by atoms with Crippen LogP contribution in [0.1, 0.15) is 52.0 Å². The number of fused-ring (bicyclic) bond motifs is 2. The van der Waals surface area contributed by atoms with Gasteiger partial charge in [0.1, 0.15) is 5.60 Å². The summed E-state index contributed by atoms with van der Waals surface area (Å²) in [5.74, 6) is 0. The number of piperidine rings is 1. The highest BCUT2D eigenvalue weighted by atomic mass is 79.9. The van der Waals surface area contributed by atoms with Crippen molar-refractivity contribution in [2.24, 2.45) is 0 Å². The maximum absolute atomic E-state index is 12.5. The average Bonchev–Trinajstić information content (AvgIpc) is 2.73. The summed E-state index contributed by atoms with van der Waals surface area (Å²) in [5, 5.41) is 3.67. The van der Waals surface area contributed by atoms with Gasteiger partial charge in [0.05, 0.1) is 0 Å². The number of aryl methyl sites for hydroxylation is 1. The van der Waals surface area contributed by atoms with E-state index < -0.39 is 5.60 Å². The number of carbonyl (C=O) groups excluding carboxylic acids is 1. The van der Waals surface area contributed by atoms with E-state index in [2.05, 4.69) is 46.4 Å². The lowest BCUT2D eigenvalue weighted by Gasteiger charge is -2.40. The van der Waals surface area contributed by atoms with Crippen LogP contribution in [0.2, 0.25) is 0 Å². The third-order valence-electron chi connectivity index (χ3n) is 4.82. The van der Waals surface area contributed by atoms with Gasteiger partial charge in [-0.3, -0.25) is 0 Å². The summed E-state index contributed by atoms with van der Waals surface area (Å²) >= 11 is 3.62. The van der Waals surface area contributed by atoms with E-state index in [0.717, 1.165) is 35.8 Å². The average molecular weight is 395 g/mol. The lowest BCUT2D eigenvalue weighted by molar-refractivity contribution is 0.00683. The van der Waals surface area contributed by atoms with Crippen LogP contribution in [-0.2, 0) is 4.74 Å². The Labute approximate surface area is 153 Å². The zero-order valence-corrected chi connectivity index (χ0v) is 16.5. The van der Waals surface area contributed by atoms with Crippen LogP contribution in [0, 0.1) is 6.92 Å². The maximum atomic E-state index is 12.5. The first-order valence-corrected chi connectivity index (χ1v) is 9.56. The van der Waals surface area contributed by atoms with E-state index in [4.69, 9.17) is 4.74 Å². The summed E-state index contributed by atoms with van der Waals surface area (Å²) in [6.45, 7) is 7.88.